The topological polar surface area (TPSA) is 74.9 Å². The van der Waals surface area contributed by atoms with Gasteiger partial charge in [0.15, 0.2) is 0 Å². The lowest BCUT2D eigenvalue weighted by atomic mass is 9.77. The third-order valence-corrected chi connectivity index (χ3v) is 3.18. The second-order valence-corrected chi connectivity index (χ2v) is 4.30. The van der Waals surface area contributed by atoms with Crippen molar-refractivity contribution < 1.29 is 5.11 Å². The third kappa shape index (κ3) is 1.22. The maximum atomic E-state index is 9.33. The minimum atomic E-state index is -0.269. The molecule has 1 aromatic carbocycles. The SMILES string of the molecule is NC1(c2nc3ccc(O)cc3[nH]2)CCC1. The Hall–Kier alpha value is -1.55. The van der Waals surface area contributed by atoms with Crippen LogP contribution in [0.2, 0.25) is 0 Å². The van der Waals surface area contributed by atoms with Crippen molar-refractivity contribution in [1.29, 1.82) is 0 Å². The number of aromatic hydroxyl groups is 1. The molecule has 1 heterocycles. The van der Waals surface area contributed by atoms with Crippen LogP contribution in [0.5, 0.6) is 5.75 Å². The van der Waals surface area contributed by atoms with E-state index in [1.807, 2.05) is 0 Å². The third-order valence-electron chi connectivity index (χ3n) is 3.18. The summed E-state index contributed by atoms with van der Waals surface area (Å²) in [4.78, 5) is 7.64. The maximum Gasteiger partial charge on any atom is 0.127 e. The number of nitrogens with one attached hydrogen (secondary N) is 1. The Morgan fingerprint density at radius 3 is 2.87 bits per heavy atom. The number of aromatic amines is 1. The largest absolute Gasteiger partial charge is 0.508 e. The van der Waals surface area contributed by atoms with Crippen molar-refractivity contribution in [2.24, 2.45) is 5.73 Å². The van der Waals surface area contributed by atoms with Crippen LogP contribution < -0.4 is 5.73 Å². The lowest BCUT2D eigenvalue weighted by Gasteiger charge is -2.35. The Balaban J connectivity index is 2.14. The molecule has 0 aliphatic heterocycles. The van der Waals surface area contributed by atoms with Crippen LogP contribution in [0.1, 0.15) is 25.1 Å². The van der Waals surface area contributed by atoms with Gasteiger partial charge in [0.25, 0.3) is 0 Å². The number of nitrogens with two attached hydrogens (primary N) is 1. The summed E-state index contributed by atoms with van der Waals surface area (Å²) in [5.74, 6) is 1.09. The number of rotatable bonds is 1. The monoisotopic (exact) mass is 203 g/mol. The zero-order valence-corrected chi connectivity index (χ0v) is 8.33. The van der Waals surface area contributed by atoms with E-state index in [9.17, 15) is 5.11 Å². The molecule has 15 heavy (non-hydrogen) atoms. The average Bonchev–Trinajstić information content (AvgIpc) is 2.57. The van der Waals surface area contributed by atoms with Gasteiger partial charge >= 0.3 is 0 Å². The average molecular weight is 203 g/mol. The molecule has 1 saturated carbocycles. The first-order valence-corrected chi connectivity index (χ1v) is 5.15. The zero-order chi connectivity index (χ0) is 10.5. The number of fused-ring (bicyclic) bond motifs is 1. The van der Waals surface area contributed by atoms with Crippen LogP contribution in [0.4, 0.5) is 0 Å². The summed E-state index contributed by atoms with van der Waals surface area (Å²) in [6.45, 7) is 0. The summed E-state index contributed by atoms with van der Waals surface area (Å²) < 4.78 is 0. The molecule has 0 saturated heterocycles. The van der Waals surface area contributed by atoms with Gasteiger partial charge in [-0.3, -0.25) is 0 Å². The number of imidazole rings is 1. The van der Waals surface area contributed by atoms with Crippen molar-refractivity contribution in [3.63, 3.8) is 0 Å². The quantitative estimate of drug-likeness (QED) is 0.659. The highest BCUT2D eigenvalue weighted by Crippen LogP contribution is 2.37. The molecule has 0 atom stereocenters. The normalized spacial score (nSPS) is 19.0. The van der Waals surface area contributed by atoms with Crippen LogP contribution >= 0.6 is 0 Å². The lowest BCUT2D eigenvalue weighted by molar-refractivity contribution is 0.240. The van der Waals surface area contributed by atoms with E-state index in [1.165, 1.54) is 6.42 Å². The van der Waals surface area contributed by atoms with Crippen molar-refractivity contribution in [2.45, 2.75) is 24.8 Å². The Kier molecular flexibility index (Phi) is 1.59. The van der Waals surface area contributed by atoms with Crippen molar-refractivity contribution in [3.8, 4) is 5.75 Å². The van der Waals surface area contributed by atoms with E-state index in [0.29, 0.717) is 0 Å². The summed E-state index contributed by atoms with van der Waals surface area (Å²) in [5.41, 5.74) is 7.61. The highest BCUT2D eigenvalue weighted by atomic mass is 16.3. The van der Waals surface area contributed by atoms with E-state index < -0.39 is 0 Å². The molecule has 0 bridgehead atoms. The van der Waals surface area contributed by atoms with Gasteiger partial charge in [0.2, 0.25) is 0 Å². The predicted octanol–water partition coefficient (Wildman–Crippen LogP) is 1.61. The number of nitrogens with zero attached hydrogens (tertiary/aromatic N) is 1. The van der Waals surface area contributed by atoms with E-state index in [2.05, 4.69) is 9.97 Å². The molecule has 4 N–H and O–H groups in total. The van der Waals surface area contributed by atoms with Crippen molar-refractivity contribution in [1.82, 2.24) is 9.97 Å². The molecule has 0 amide bonds. The summed E-state index contributed by atoms with van der Waals surface area (Å²) in [6, 6.07) is 5.11. The van der Waals surface area contributed by atoms with Crippen LogP contribution in [-0.2, 0) is 5.54 Å². The molecule has 1 aliphatic rings. The highest BCUT2D eigenvalue weighted by molar-refractivity contribution is 5.76. The van der Waals surface area contributed by atoms with Crippen LogP contribution in [0.3, 0.4) is 0 Å². The molecule has 0 unspecified atom stereocenters. The standard InChI is InChI=1S/C11H13N3O/c12-11(4-1-5-11)10-13-8-3-2-7(15)6-9(8)14-10/h2-3,6,15H,1,4-5,12H2,(H,13,14). The fourth-order valence-corrected chi connectivity index (χ4v) is 2.03. The van der Waals surface area contributed by atoms with Crippen LogP contribution in [0, 0.1) is 0 Å². The molecule has 4 heteroatoms. The molecule has 1 aliphatic carbocycles. The second-order valence-electron chi connectivity index (χ2n) is 4.30. The van der Waals surface area contributed by atoms with E-state index in [4.69, 9.17) is 5.73 Å². The Bertz CT molecular complexity index is 514. The van der Waals surface area contributed by atoms with Gasteiger partial charge in [-0.15, -0.1) is 0 Å². The van der Waals surface area contributed by atoms with Crippen molar-refractivity contribution in [3.05, 3.63) is 24.0 Å². The van der Waals surface area contributed by atoms with Crippen molar-refractivity contribution in [2.75, 3.05) is 0 Å². The fourth-order valence-electron chi connectivity index (χ4n) is 2.03. The number of hydrogen-bond acceptors (Lipinski definition) is 3. The maximum absolute atomic E-state index is 9.33. The summed E-state index contributed by atoms with van der Waals surface area (Å²) >= 11 is 0. The van der Waals surface area contributed by atoms with Gasteiger partial charge in [-0.05, 0) is 31.4 Å². The van der Waals surface area contributed by atoms with Gasteiger partial charge in [0.05, 0.1) is 16.6 Å². The Morgan fingerprint density at radius 1 is 1.40 bits per heavy atom. The molecule has 1 aromatic heterocycles. The molecule has 0 spiro atoms. The van der Waals surface area contributed by atoms with Gasteiger partial charge in [-0.1, -0.05) is 0 Å². The lowest BCUT2D eigenvalue weighted by Crippen LogP contribution is -2.44. The van der Waals surface area contributed by atoms with Crippen LogP contribution in [-0.4, -0.2) is 15.1 Å². The van der Waals surface area contributed by atoms with E-state index in [-0.39, 0.29) is 11.3 Å². The van der Waals surface area contributed by atoms with Gasteiger partial charge < -0.3 is 15.8 Å². The summed E-state index contributed by atoms with van der Waals surface area (Å²) in [6.07, 6.45) is 3.14. The molecule has 0 radical (unpaired) electrons. The summed E-state index contributed by atoms with van der Waals surface area (Å²) in [7, 11) is 0. The predicted molar refractivity (Wildman–Crippen MR) is 57.5 cm³/mol. The number of aromatic nitrogens is 2. The molecular formula is C11H13N3O. The van der Waals surface area contributed by atoms with Crippen LogP contribution in [0.25, 0.3) is 11.0 Å². The fraction of sp³-hybridized carbons (Fsp3) is 0.364. The Labute approximate surface area is 87.1 Å². The zero-order valence-electron chi connectivity index (χ0n) is 8.33. The van der Waals surface area contributed by atoms with Gasteiger partial charge in [0.1, 0.15) is 11.6 Å². The highest BCUT2D eigenvalue weighted by Gasteiger charge is 2.37. The van der Waals surface area contributed by atoms with Gasteiger partial charge in [-0.25, -0.2) is 4.98 Å². The molecule has 78 valence electrons. The summed E-state index contributed by atoms with van der Waals surface area (Å²) in [5, 5.41) is 9.33. The molecule has 3 rings (SSSR count). The number of hydrogen-bond donors (Lipinski definition) is 3. The van der Waals surface area contributed by atoms with Crippen molar-refractivity contribution >= 4 is 11.0 Å². The molecule has 4 nitrogen and oxygen atoms in total. The smallest absolute Gasteiger partial charge is 0.127 e. The van der Waals surface area contributed by atoms with E-state index in [0.717, 1.165) is 29.7 Å². The molecular weight excluding hydrogens is 190 g/mol. The number of phenolic OH excluding ortho intramolecular Hbond substituents is 1. The first kappa shape index (κ1) is 8.73. The second kappa shape index (κ2) is 2.73. The molecule has 2 aromatic rings. The Morgan fingerprint density at radius 2 is 2.20 bits per heavy atom. The molecule has 1 fully saturated rings. The van der Waals surface area contributed by atoms with Gasteiger partial charge in [0, 0.05) is 6.07 Å². The first-order chi connectivity index (χ1) is 7.17. The first-order valence-electron chi connectivity index (χ1n) is 5.15. The minimum Gasteiger partial charge on any atom is -0.508 e. The van der Waals surface area contributed by atoms with E-state index >= 15 is 0 Å². The number of benzene rings is 1. The van der Waals surface area contributed by atoms with Crippen LogP contribution in [0.15, 0.2) is 18.2 Å². The minimum absolute atomic E-state index is 0.248. The van der Waals surface area contributed by atoms with E-state index in [1.54, 1.807) is 18.2 Å². The number of phenols is 1. The van der Waals surface area contributed by atoms with Gasteiger partial charge in [-0.2, -0.15) is 0 Å². The number of H-pyrrole nitrogens is 1.